The fourth-order valence-electron chi connectivity index (χ4n) is 2.18. The van der Waals surface area contributed by atoms with E-state index in [0.717, 1.165) is 5.56 Å². The van der Waals surface area contributed by atoms with Gasteiger partial charge < -0.3 is 9.97 Å². The largest absolute Gasteiger partial charge is 0.323 e. The molecule has 3 aromatic rings. The molecule has 0 fully saturated rings. The summed E-state index contributed by atoms with van der Waals surface area (Å²) in [5, 5.41) is 0.412. The summed E-state index contributed by atoms with van der Waals surface area (Å²) in [5.74, 6) is -0.198. The minimum atomic E-state index is -0.310. The Hall–Kier alpha value is -1.85. The van der Waals surface area contributed by atoms with Gasteiger partial charge in [-0.1, -0.05) is 17.7 Å². The molecule has 2 N–H and O–H groups in total. The van der Waals surface area contributed by atoms with E-state index in [9.17, 15) is 9.59 Å². The van der Waals surface area contributed by atoms with E-state index in [4.69, 9.17) is 11.6 Å². The molecule has 0 bridgehead atoms. The number of fused-ring (bicyclic) bond motifs is 1. The quantitative estimate of drug-likeness (QED) is 0.678. The van der Waals surface area contributed by atoms with Gasteiger partial charge in [0.25, 0.3) is 0 Å². The van der Waals surface area contributed by atoms with Crippen LogP contribution in [0.15, 0.2) is 39.6 Å². The Morgan fingerprint density at radius 1 is 1.10 bits per heavy atom. The zero-order valence-electron chi connectivity index (χ0n) is 11.0. The van der Waals surface area contributed by atoms with Gasteiger partial charge in [0, 0.05) is 15.6 Å². The second kappa shape index (κ2) is 5.16. The predicted octanol–water partition coefficient (Wildman–Crippen LogP) is 3.81. The van der Waals surface area contributed by atoms with Gasteiger partial charge in [0.1, 0.15) is 0 Å². The van der Waals surface area contributed by atoms with Crippen LogP contribution in [0.1, 0.15) is 21.5 Å². The maximum Gasteiger partial charge on any atom is 0.323 e. The molecule has 6 heteroatoms. The summed E-state index contributed by atoms with van der Waals surface area (Å²) in [6, 6.07) is 8.62. The van der Waals surface area contributed by atoms with E-state index < -0.39 is 0 Å². The molecule has 1 aromatic heterocycles. The number of halogens is 2. The minimum absolute atomic E-state index is 0.198. The monoisotopic (exact) mass is 364 g/mol. The maximum atomic E-state index is 12.6. The predicted molar refractivity (Wildman–Crippen MR) is 86.2 cm³/mol. The van der Waals surface area contributed by atoms with E-state index in [0.29, 0.717) is 31.7 Å². The number of benzene rings is 2. The van der Waals surface area contributed by atoms with Crippen molar-refractivity contribution in [3.8, 4) is 0 Å². The van der Waals surface area contributed by atoms with Crippen molar-refractivity contribution in [2.45, 2.75) is 6.92 Å². The standard InChI is InChI=1S/C15H10BrClN2O2/c1-7-2-3-8(11(17)4-7)14(20)9-5-12-13(6-10(9)16)19-15(21)18-12/h2-6H,1H3,(H2,18,19,21). The van der Waals surface area contributed by atoms with Crippen molar-refractivity contribution in [1.82, 2.24) is 9.97 Å². The summed E-state index contributed by atoms with van der Waals surface area (Å²) in [5.41, 5.74) is 2.77. The molecule has 0 spiro atoms. The van der Waals surface area contributed by atoms with Gasteiger partial charge in [-0.25, -0.2) is 4.79 Å². The van der Waals surface area contributed by atoms with Crippen LogP contribution in [0.2, 0.25) is 5.02 Å². The van der Waals surface area contributed by atoms with Gasteiger partial charge in [-0.3, -0.25) is 4.79 Å². The Bertz CT molecular complexity index is 927. The van der Waals surface area contributed by atoms with Crippen LogP contribution in [0, 0.1) is 6.92 Å². The SMILES string of the molecule is Cc1ccc(C(=O)c2cc3[nH]c(=O)[nH]c3cc2Br)c(Cl)c1. The number of aromatic nitrogens is 2. The molecule has 0 aliphatic carbocycles. The molecular weight excluding hydrogens is 356 g/mol. The molecule has 0 atom stereocenters. The van der Waals surface area contributed by atoms with Crippen LogP contribution in [0.4, 0.5) is 0 Å². The molecule has 0 unspecified atom stereocenters. The first kappa shape index (κ1) is 14.1. The normalized spacial score (nSPS) is 11.0. The zero-order valence-corrected chi connectivity index (χ0v) is 13.3. The molecular formula is C15H10BrClN2O2. The smallest absolute Gasteiger partial charge is 0.306 e. The van der Waals surface area contributed by atoms with Gasteiger partial charge in [-0.15, -0.1) is 0 Å². The Labute approximate surface area is 133 Å². The van der Waals surface area contributed by atoms with Crippen LogP contribution >= 0.6 is 27.5 Å². The highest BCUT2D eigenvalue weighted by Gasteiger charge is 2.17. The molecule has 2 aromatic carbocycles. The summed E-state index contributed by atoms with van der Waals surface area (Å²) >= 11 is 9.51. The summed E-state index contributed by atoms with van der Waals surface area (Å²) in [4.78, 5) is 29.2. The average molecular weight is 366 g/mol. The van der Waals surface area contributed by atoms with Crippen molar-refractivity contribution in [3.63, 3.8) is 0 Å². The van der Waals surface area contributed by atoms with Crippen LogP contribution in [0.25, 0.3) is 11.0 Å². The van der Waals surface area contributed by atoms with Gasteiger partial charge in [0.05, 0.1) is 16.1 Å². The van der Waals surface area contributed by atoms with Crippen molar-refractivity contribution in [2.24, 2.45) is 0 Å². The lowest BCUT2D eigenvalue weighted by Crippen LogP contribution is -2.03. The van der Waals surface area contributed by atoms with Crippen molar-refractivity contribution < 1.29 is 4.79 Å². The third-order valence-corrected chi connectivity index (χ3v) is 4.19. The first-order valence-corrected chi connectivity index (χ1v) is 7.35. The molecule has 0 radical (unpaired) electrons. The van der Waals surface area contributed by atoms with Crippen LogP contribution in [0.3, 0.4) is 0 Å². The second-order valence-corrected chi connectivity index (χ2v) is 6.03. The van der Waals surface area contributed by atoms with E-state index in [2.05, 4.69) is 25.9 Å². The number of rotatable bonds is 2. The van der Waals surface area contributed by atoms with Gasteiger partial charge in [-0.2, -0.15) is 0 Å². The zero-order chi connectivity index (χ0) is 15.1. The van der Waals surface area contributed by atoms with Crippen molar-refractivity contribution in [3.05, 3.63) is 67.0 Å². The number of H-pyrrole nitrogens is 2. The highest BCUT2D eigenvalue weighted by molar-refractivity contribution is 9.10. The number of nitrogens with one attached hydrogen (secondary N) is 2. The number of carbonyl (C=O) groups is 1. The van der Waals surface area contributed by atoms with E-state index in [1.165, 1.54) is 0 Å². The third-order valence-electron chi connectivity index (χ3n) is 3.22. The Balaban J connectivity index is 2.16. The third kappa shape index (κ3) is 2.54. The van der Waals surface area contributed by atoms with E-state index >= 15 is 0 Å². The van der Waals surface area contributed by atoms with Crippen LogP contribution in [0.5, 0.6) is 0 Å². The molecule has 0 aliphatic rings. The summed E-state index contributed by atoms with van der Waals surface area (Å²) < 4.78 is 0.604. The minimum Gasteiger partial charge on any atom is -0.306 e. The average Bonchev–Trinajstić information content (AvgIpc) is 2.76. The Kier molecular flexibility index (Phi) is 3.47. The van der Waals surface area contributed by atoms with E-state index in [-0.39, 0.29) is 11.5 Å². The van der Waals surface area contributed by atoms with Crippen LogP contribution in [-0.4, -0.2) is 15.8 Å². The lowest BCUT2D eigenvalue weighted by molar-refractivity contribution is 0.103. The van der Waals surface area contributed by atoms with Crippen molar-refractivity contribution in [2.75, 3.05) is 0 Å². The molecule has 3 rings (SSSR count). The fraction of sp³-hybridized carbons (Fsp3) is 0.0667. The Morgan fingerprint density at radius 2 is 1.76 bits per heavy atom. The molecule has 0 saturated heterocycles. The molecule has 0 aliphatic heterocycles. The van der Waals surface area contributed by atoms with Crippen LogP contribution < -0.4 is 5.69 Å². The summed E-state index contributed by atoms with van der Waals surface area (Å²) in [7, 11) is 0. The number of imidazole rings is 1. The molecule has 1 heterocycles. The summed E-state index contributed by atoms with van der Waals surface area (Å²) in [6.45, 7) is 1.91. The highest BCUT2D eigenvalue weighted by atomic mass is 79.9. The van der Waals surface area contributed by atoms with Gasteiger partial charge in [0.2, 0.25) is 0 Å². The van der Waals surface area contributed by atoms with Gasteiger partial charge in [0.15, 0.2) is 5.78 Å². The molecule has 21 heavy (non-hydrogen) atoms. The molecule has 106 valence electrons. The molecule has 0 saturated carbocycles. The second-order valence-electron chi connectivity index (χ2n) is 4.77. The number of aryl methyl sites for hydroxylation is 1. The van der Waals surface area contributed by atoms with E-state index in [1.54, 1.807) is 24.3 Å². The number of carbonyl (C=O) groups excluding carboxylic acids is 1. The van der Waals surface area contributed by atoms with Gasteiger partial charge >= 0.3 is 5.69 Å². The first-order chi connectivity index (χ1) is 9.95. The number of hydrogen-bond donors (Lipinski definition) is 2. The maximum absolute atomic E-state index is 12.6. The lowest BCUT2D eigenvalue weighted by Gasteiger charge is -2.07. The molecule has 0 amide bonds. The van der Waals surface area contributed by atoms with E-state index in [1.807, 2.05) is 13.0 Å². The lowest BCUT2D eigenvalue weighted by atomic mass is 10.0. The Morgan fingerprint density at radius 3 is 2.43 bits per heavy atom. The van der Waals surface area contributed by atoms with Crippen molar-refractivity contribution in [1.29, 1.82) is 0 Å². The number of aromatic amines is 2. The molecule has 4 nitrogen and oxygen atoms in total. The van der Waals surface area contributed by atoms with Gasteiger partial charge in [-0.05, 0) is 52.7 Å². The van der Waals surface area contributed by atoms with Crippen molar-refractivity contribution >= 4 is 44.3 Å². The number of hydrogen-bond acceptors (Lipinski definition) is 2. The van der Waals surface area contributed by atoms with Crippen LogP contribution in [-0.2, 0) is 0 Å². The topological polar surface area (TPSA) is 65.7 Å². The highest BCUT2D eigenvalue weighted by Crippen LogP contribution is 2.27. The fourth-order valence-corrected chi connectivity index (χ4v) is 3.02. The summed E-state index contributed by atoms with van der Waals surface area (Å²) in [6.07, 6.45) is 0. The number of ketones is 1. The first-order valence-electron chi connectivity index (χ1n) is 6.18.